The Morgan fingerprint density at radius 2 is 1.76 bits per heavy atom. The normalized spacial score (nSPS) is 15.7. The van der Waals surface area contributed by atoms with Crippen LogP contribution in [-0.4, -0.2) is 43.0 Å². The van der Waals surface area contributed by atoms with E-state index in [0.29, 0.717) is 17.7 Å². The van der Waals surface area contributed by atoms with E-state index in [1.807, 2.05) is 53.2 Å². The van der Waals surface area contributed by atoms with Crippen LogP contribution in [0, 0.1) is 11.3 Å². The van der Waals surface area contributed by atoms with Gasteiger partial charge < -0.3 is 4.90 Å². The second-order valence-corrected chi connectivity index (χ2v) is 9.17. The summed E-state index contributed by atoms with van der Waals surface area (Å²) in [5.41, 5.74) is 3.59. The third-order valence-corrected chi connectivity index (χ3v) is 7.22. The van der Waals surface area contributed by atoms with E-state index < -0.39 is 5.92 Å². The number of nitriles is 1. The van der Waals surface area contributed by atoms with Crippen LogP contribution in [0.1, 0.15) is 35.5 Å². The maximum Gasteiger partial charge on any atom is 0.225 e. The molecule has 9 heteroatoms. The molecule has 0 radical (unpaired) electrons. The Kier molecular flexibility index (Phi) is 4.92. The minimum absolute atomic E-state index is 0.298. The molecule has 33 heavy (non-hydrogen) atoms. The minimum atomic E-state index is -0.511. The second kappa shape index (κ2) is 8.22. The molecular formula is C24H20N8S. The van der Waals surface area contributed by atoms with Crippen LogP contribution in [-0.2, 0) is 0 Å². The zero-order valence-electron chi connectivity index (χ0n) is 17.7. The largest absolute Gasteiger partial charge is 0.341 e. The van der Waals surface area contributed by atoms with Gasteiger partial charge in [-0.1, -0.05) is 29.5 Å². The van der Waals surface area contributed by atoms with Crippen LogP contribution in [0.25, 0.3) is 21.3 Å². The maximum atomic E-state index is 9.91. The van der Waals surface area contributed by atoms with Crippen molar-refractivity contribution in [3.05, 3.63) is 71.5 Å². The Balaban J connectivity index is 1.22. The first-order valence-electron chi connectivity index (χ1n) is 10.9. The summed E-state index contributed by atoms with van der Waals surface area (Å²) in [5.74, 6) is 0.152. The number of rotatable bonds is 4. The van der Waals surface area contributed by atoms with Gasteiger partial charge in [-0.05, 0) is 43.2 Å². The fourth-order valence-electron chi connectivity index (χ4n) is 4.40. The Morgan fingerprint density at radius 1 is 0.970 bits per heavy atom. The molecule has 162 valence electrons. The van der Waals surface area contributed by atoms with Gasteiger partial charge in [0.25, 0.3) is 0 Å². The Labute approximate surface area is 194 Å². The average molecular weight is 453 g/mol. The smallest absolute Gasteiger partial charge is 0.225 e. The standard InChI is InChI=1S/C24H20N8S/c25-15-17(23-27-20-6-2-4-8-22(20)33-23)18-9-12-26-24(28-18)31-13-10-16(11-14-31)32-21-7-3-1-5-19(21)29-30-32/h1-9,12,16-17H,10-11,13-14H2. The number of para-hydroxylation sites is 2. The molecule has 1 fully saturated rings. The molecule has 0 bridgehead atoms. The van der Waals surface area contributed by atoms with Crippen molar-refractivity contribution in [1.29, 1.82) is 5.26 Å². The maximum absolute atomic E-state index is 9.91. The van der Waals surface area contributed by atoms with Crippen molar-refractivity contribution in [1.82, 2.24) is 29.9 Å². The Morgan fingerprint density at radius 3 is 2.58 bits per heavy atom. The third kappa shape index (κ3) is 3.58. The van der Waals surface area contributed by atoms with E-state index in [4.69, 9.17) is 4.98 Å². The molecule has 0 N–H and O–H groups in total. The van der Waals surface area contributed by atoms with Gasteiger partial charge in [-0.2, -0.15) is 5.26 Å². The lowest BCUT2D eigenvalue weighted by Gasteiger charge is -2.32. The summed E-state index contributed by atoms with van der Waals surface area (Å²) in [7, 11) is 0. The van der Waals surface area contributed by atoms with Crippen molar-refractivity contribution in [2.45, 2.75) is 24.8 Å². The van der Waals surface area contributed by atoms with Crippen molar-refractivity contribution < 1.29 is 0 Å². The fourth-order valence-corrected chi connectivity index (χ4v) is 5.43. The highest BCUT2D eigenvalue weighted by molar-refractivity contribution is 7.18. The van der Waals surface area contributed by atoms with Crippen LogP contribution in [0.5, 0.6) is 0 Å². The van der Waals surface area contributed by atoms with E-state index in [0.717, 1.165) is 52.2 Å². The molecule has 4 heterocycles. The van der Waals surface area contributed by atoms with Gasteiger partial charge in [-0.15, -0.1) is 16.4 Å². The van der Waals surface area contributed by atoms with Crippen molar-refractivity contribution >= 4 is 38.5 Å². The van der Waals surface area contributed by atoms with Gasteiger partial charge in [0.2, 0.25) is 5.95 Å². The number of thiazole rings is 1. The number of nitrogens with zero attached hydrogens (tertiary/aromatic N) is 8. The van der Waals surface area contributed by atoms with Crippen LogP contribution >= 0.6 is 11.3 Å². The molecular weight excluding hydrogens is 432 g/mol. The third-order valence-electron chi connectivity index (χ3n) is 6.12. The van der Waals surface area contributed by atoms with Crippen LogP contribution in [0.4, 0.5) is 5.95 Å². The van der Waals surface area contributed by atoms with E-state index in [1.54, 1.807) is 17.5 Å². The molecule has 0 amide bonds. The van der Waals surface area contributed by atoms with Crippen LogP contribution in [0.15, 0.2) is 60.8 Å². The Hall–Kier alpha value is -3.90. The summed E-state index contributed by atoms with van der Waals surface area (Å²) in [4.78, 5) is 16.1. The summed E-state index contributed by atoms with van der Waals surface area (Å²) in [6.45, 7) is 1.64. The van der Waals surface area contributed by atoms with Gasteiger partial charge in [-0.25, -0.2) is 19.6 Å². The molecule has 1 saturated heterocycles. The van der Waals surface area contributed by atoms with Crippen LogP contribution < -0.4 is 4.90 Å². The number of hydrogen-bond acceptors (Lipinski definition) is 8. The number of fused-ring (bicyclic) bond motifs is 2. The monoisotopic (exact) mass is 452 g/mol. The highest BCUT2D eigenvalue weighted by Gasteiger charge is 2.26. The molecule has 5 aromatic rings. The quantitative estimate of drug-likeness (QED) is 0.400. The van der Waals surface area contributed by atoms with E-state index in [1.165, 1.54) is 0 Å². The van der Waals surface area contributed by atoms with E-state index in [-0.39, 0.29) is 0 Å². The first kappa shape index (κ1) is 19.8. The van der Waals surface area contributed by atoms with Crippen molar-refractivity contribution in [3.63, 3.8) is 0 Å². The molecule has 0 spiro atoms. The average Bonchev–Trinajstić information content (AvgIpc) is 3.49. The molecule has 6 rings (SSSR count). The van der Waals surface area contributed by atoms with Crippen LogP contribution in [0.2, 0.25) is 0 Å². The lowest BCUT2D eigenvalue weighted by Crippen LogP contribution is -2.36. The van der Waals surface area contributed by atoms with Crippen molar-refractivity contribution in [2.75, 3.05) is 18.0 Å². The molecule has 1 aliphatic heterocycles. The zero-order valence-corrected chi connectivity index (χ0v) is 18.6. The number of piperidine rings is 1. The van der Waals surface area contributed by atoms with Crippen LogP contribution in [0.3, 0.4) is 0 Å². The van der Waals surface area contributed by atoms with E-state index in [9.17, 15) is 5.26 Å². The number of benzene rings is 2. The summed E-state index contributed by atoms with van der Waals surface area (Å²) in [5, 5.41) is 19.4. The summed E-state index contributed by atoms with van der Waals surface area (Å²) < 4.78 is 3.12. The van der Waals surface area contributed by atoms with Gasteiger partial charge in [0, 0.05) is 19.3 Å². The highest BCUT2D eigenvalue weighted by atomic mass is 32.1. The lowest BCUT2D eigenvalue weighted by atomic mass is 10.1. The van der Waals surface area contributed by atoms with Gasteiger partial charge >= 0.3 is 0 Å². The van der Waals surface area contributed by atoms with Crippen molar-refractivity contribution in [3.8, 4) is 6.07 Å². The lowest BCUT2D eigenvalue weighted by molar-refractivity contribution is 0.366. The highest BCUT2D eigenvalue weighted by Crippen LogP contribution is 2.32. The van der Waals surface area contributed by atoms with Gasteiger partial charge in [0.05, 0.1) is 33.5 Å². The summed E-state index contributed by atoms with van der Waals surface area (Å²) >= 11 is 1.54. The zero-order chi connectivity index (χ0) is 22.2. The number of aromatic nitrogens is 6. The molecule has 2 aromatic carbocycles. The predicted molar refractivity (Wildman–Crippen MR) is 127 cm³/mol. The van der Waals surface area contributed by atoms with Gasteiger partial charge in [-0.3, -0.25) is 0 Å². The molecule has 8 nitrogen and oxygen atoms in total. The van der Waals surface area contributed by atoms with Crippen molar-refractivity contribution in [2.24, 2.45) is 0 Å². The molecule has 1 atom stereocenters. The Bertz CT molecular complexity index is 1440. The predicted octanol–water partition coefficient (Wildman–Crippen LogP) is 4.33. The molecule has 1 unspecified atom stereocenters. The summed E-state index contributed by atoms with van der Waals surface area (Å²) in [6.07, 6.45) is 3.60. The first-order chi connectivity index (χ1) is 16.3. The van der Waals surface area contributed by atoms with Gasteiger partial charge in [0.1, 0.15) is 16.4 Å². The minimum Gasteiger partial charge on any atom is -0.341 e. The fraction of sp³-hybridized carbons (Fsp3) is 0.250. The molecule has 1 aliphatic rings. The molecule has 3 aromatic heterocycles. The van der Waals surface area contributed by atoms with Gasteiger partial charge in [0.15, 0.2) is 0 Å². The number of hydrogen-bond donors (Lipinski definition) is 0. The second-order valence-electron chi connectivity index (χ2n) is 8.10. The first-order valence-corrected chi connectivity index (χ1v) is 11.7. The molecule has 0 saturated carbocycles. The van der Waals surface area contributed by atoms with E-state index in [2.05, 4.69) is 37.3 Å². The topological polar surface area (TPSA) is 96.4 Å². The summed E-state index contributed by atoms with van der Waals surface area (Å²) in [6, 6.07) is 20.5. The molecule has 0 aliphatic carbocycles. The van der Waals surface area contributed by atoms with E-state index >= 15 is 0 Å². The number of anilines is 1. The SMILES string of the molecule is N#CC(c1ccnc(N2CCC(n3nnc4ccccc43)CC2)n1)c1nc2ccccc2s1.